The SMILES string of the molecule is CC(C)(C)c1cc2c3c(c1)Cc1cc(C(C)(C)C)cc(c1OCC(=O)Cl)Cc1cc(C(C)(C)C)cc(c1OCC(=O)Cl)Cc1cc(C(C)(C)C)cc(c1OCCOCCO3)C2. The van der Waals surface area contributed by atoms with Crippen molar-refractivity contribution in [2.75, 3.05) is 39.6 Å². The van der Waals surface area contributed by atoms with Gasteiger partial charge in [0.25, 0.3) is 10.5 Å². The van der Waals surface area contributed by atoms with Crippen LogP contribution in [0.25, 0.3) is 0 Å². The summed E-state index contributed by atoms with van der Waals surface area (Å²) < 4.78 is 32.8. The van der Waals surface area contributed by atoms with Crippen LogP contribution in [0.3, 0.4) is 0 Å². The van der Waals surface area contributed by atoms with E-state index in [0.717, 1.165) is 67.1 Å². The highest BCUT2D eigenvalue weighted by Crippen LogP contribution is 2.44. The monoisotopic (exact) mass is 870 g/mol. The van der Waals surface area contributed by atoms with Crippen LogP contribution in [0.15, 0.2) is 48.5 Å². The lowest BCUT2D eigenvalue weighted by Crippen LogP contribution is -2.20. The lowest BCUT2D eigenvalue weighted by molar-refractivity contribution is -0.114. The molecule has 0 amide bonds. The molecule has 328 valence electrons. The van der Waals surface area contributed by atoms with Crippen molar-refractivity contribution in [3.05, 3.63) is 115 Å². The molecule has 0 saturated heterocycles. The molecule has 7 nitrogen and oxygen atoms in total. The van der Waals surface area contributed by atoms with E-state index in [1.807, 2.05) is 0 Å². The third-order valence-electron chi connectivity index (χ3n) is 11.6. The van der Waals surface area contributed by atoms with E-state index >= 15 is 0 Å². The topological polar surface area (TPSA) is 80.3 Å². The van der Waals surface area contributed by atoms with Crippen LogP contribution in [-0.4, -0.2) is 50.1 Å². The average Bonchev–Trinajstić information content (AvgIpc) is 3.12. The Morgan fingerprint density at radius 3 is 0.951 bits per heavy atom. The van der Waals surface area contributed by atoms with E-state index in [4.69, 9.17) is 46.9 Å². The molecule has 0 atom stereocenters. The van der Waals surface area contributed by atoms with E-state index in [-0.39, 0.29) is 34.9 Å². The molecule has 2 aliphatic rings. The highest BCUT2D eigenvalue weighted by Gasteiger charge is 2.30. The zero-order valence-corrected chi connectivity index (χ0v) is 39.8. The van der Waals surface area contributed by atoms with Crippen molar-refractivity contribution in [2.45, 2.75) is 130 Å². The molecule has 4 aromatic rings. The second-order valence-electron chi connectivity index (χ2n) is 20.8. The minimum Gasteiger partial charge on any atom is -0.491 e. The summed E-state index contributed by atoms with van der Waals surface area (Å²) in [7, 11) is 0. The average molecular weight is 872 g/mol. The van der Waals surface area contributed by atoms with Gasteiger partial charge in [0.05, 0.1) is 13.2 Å². The highest BCUT2D eigenvalue weighted by atomic mass is 35.5. The molecule has 10 bridgehead atoms. The van der Waals surface area contributed by atoms with E-state index in [0.29, 0.717) is 63.6 Å². The predicted molar refractivity (Wildman–Crippen MR) is 246 cm³/mol. The van der Waals surface area contributed by atoms with Gasteiger partial charge in [-0.15, -0.1) is 0 Å². The number of halogens is 2. The molecule has 0 aromatic heterocycles. The summed E-state index contributed by atoms with van der Waals surface area (Å²) in [4.78, 5) is 24.9. The molecule has 0 fully saturated rings. The summed E-state index contributed by atoms with van der Waals surface area (Å²) >= 11 is 12.0. The zero-order chi connectivity index (χ0) is 44.7. The lowest BCUT2D eigenvalue weighted by Gasteiger charge is -2.29. The summed E-state index contributed by atoms with van der Waals surface area (Å²) in [6.45, 7) is 27.5. The molecule has 0 saturated carbocycles. The van der Waals surface area contributed by atoms with Gasteiger partial charge in [-0.3, -0.25) is 9.59 Å². The van der Waals surface area contributed by atoms with Crippen LogP contribution in [0.5, 0.6) is 23.0 Å². The molecule has 4 aromatic carbocycles. The maximum atomic E-state index is 12.5. The van der Waals surface area contributed by atoms with Gasteiger partial charge in [0.15, 0.2) is 13.2 Å². The molecule has 0 spiro atoms. The first kappa shape index (κ1) is 46.5. The Hall–Kier alpha value is -4.04. The molecule has 1 heterocycles. The molecule has 6 rings (SSSR count). The molecule has 0 unspecified atom stereocenters. The second kappa shape index (κ2) is 18.0. The first-order chi connectivity index (χ1) is 28.4. The fourth-order valence-electron chi connectivity index (χ4n) is 8.13. The van der Waals surface area contributed by atoms with Gasteiger partial charge in [0.1, 0.15) is 36.2 Å². The molecular formula is C52H64Cl2O7. The summed E-state index contributed by atoms with van der Waals surface area (Å²) in [6.07, 6.45) is 1.82. The number of ether oxygens (including phenoxy) is 5. The highest BCUT2D eigenvalue weighted by molar-refractivity contribution is 6.64. The van der Waals surface area contributed by atoms with E-state index in [2.05, 4.69) is 132 Å². The fraction of sp³-hybridized carbons (Fsp3) is 0.500. The van der Waals surface area contributed by atoms with Crippen LogP contribution in [-0.2, 0) is 61.7 Å². The molecule has 1 aliphatic heterocycles. The van der Waals surface area contributed by atoms with Crippen molar-refractivity contribution in [1.29, 1.82) is 0 Å². The number of benzene rings is 4. The van der Waals surface area contributed by atoms with Crippen LogP contribution in [0.1, 0.15) is 150 Å². The van der Waals surface area contributed by atoms with Crippen molar-refractivity contribution in [3.63, 3.8) is 0 Å². The third-order valence-corrected chi connectivity index (χ3v) is 11.8. The van der Waals surface area contributed by atoms with E-state index < -0.39 is 10.5 Å². The van der Waals surface area contributed by atoms with E-state index in [1.54, 1.807) is 0 Å². The van der Waals surface area contributed by atoms with Gasteiger partial charge in [0.2, 0.25) is 0 Å². The standard InChI is InChI=1S/C52H64Cl2O7/c1-49(2,3)39-21-31-17-32-22-40(50(4,5)6)24-34-19-36-26-42(52(10,11)12)28-38(48(36)61-30-44(54)56)20-37-27-41(51(7,8)9)25-35(47(37)60-29-43(53)55)18-33(23-39)45(31)58-15-13-57-14-16-59-46(32)34/h21-28H,13-20,29-30H2,1-12H3. The predicted octanol–water partition coefficient (Wildman–Crippen LogP) is 11.6. The Labute approximate surface area is 373 Å². The van der Waals surface area contributed by atoms with Gasteiger partial charge in [-0.1, -0.05) is 132 Å². The zero-order valence-electron chi connectivity index (χ0n) is 38.3. The largest absolute Gasteiger partial charge is 0.491 e. The van der Waals surface area contributed by atoms with Gasteiger partial charge in [0, 0.05) is 25.7 Å². The van der Waals surface area contributed by atoms with Gasteiger partial charge in [-0.2, -0.15) is 0 Å². The van der Waals surface area contributed by atoms with Gasteiger partial charge in [-0.05, 0) is 112 Å². The quantitative estimate of drug-likeness (QED) is 0.157. The van der Waals surface area contributed by atoms with Gasteiger partial charge < -0.3 is 23.7 Å². The van der Waals surface area contributed by atoms with Crippen LogP contribution >= 0.6 is 23.2 Å². The molecular weight excluding hydrogens is 807 g/mol. The summed E-state index contributed by atoms with van der Waals surface area (Å²) in [6, 6.07) is 17.8. The second-order valence-corrected chi connectivity index (χ2v) is 21.6. The number of rotatable bonds is 6. The molecule has 1 aliphatic carbocycles. The maximum absolute atomic E-state index is 12.5. The minimum absolute atomic E-state index is 0.188. The first-order valence-electron chi connectivity index (χ1n) is 21.5. The van der Waals surface area contributed by atoms with E-state index in [1.165, 1.54) is 11.1 Å². The molecule has 0 N–H and O–H groups in total. The fourth-order valence-corrected chi connectivity index (χ4v) is 8.24. The molecule has 9 heteroatoms. The lowest BCUT2D eigenvalue weighted by atomic mass is 9.79. The number of fused-ring (bicyclic) bond motifs is 4. The normalized spacial score (nSPS) is 15.0. The first-order valence-corrected chi connectivity index (χ1v) is 22.2. The van der Waals surface area contributed by atoms with Crippen LogP contribution in [0.2, 0.25) is 0 Å². The Morgan fingerprint density at radius 2 is 0.689 bits per heavy atom. The Balaban J connectivity index is 1.81. The molecule has 61 heavy (non-hydrogen) atoms. The van der Waals surface area contributed by atoms with Gasteiger partial charge >= 0.3 is 0 Å². The van der Waals surface area contributed by atoms with Crippen molar-refractivity contribution in [2.24, 2.45) is 0 Å². The van der Waals surface area contributed by atoms with Crippen LogP contribution in [0, 0.1) is 0 Å². The Kier molecular flexibility index (Phi) is 13.7. The number of hydrogen-bond donors (Lipinski definition) is 0. The summed E-state index contributed by atoms with van der Waals surface area (Å²) in [5.41, 5.74) is 11.3. The van der Waals surface area contributed by atoms with Gasteiger partial charge in [-0.25, -0.2) is 0 Å². The third kappa shape index (κ3) is 11.3. The Morgan fingerprint density at radius 1 is 0.443 bits per heavy atom. The molecule has 0 radical (unpaired) electrons. The number of hydrogen-bond acceptors (Lipinski definition) is 7. The Bertz CT molecular complexity index is 2140. The number of carbonyl (C=O) groups is 2. The van der Waals surface area contributed by atoms with Crippen LogP contribution < -0.4 is 18.9 Å². The van der Waals surface area contributed by atoms with Crippen LogP contribution in [0.4, 0.5) is 0 Å². The van der Waals surface area contributed by atoms with Crippen molar-refractivity contribution < 1.29 is 33.3 Å². The van der Waals surface area contributed by atoms with Crippen molar-refractivity contribution in [1.82, 2.24) is 0 Å². The van der Waals surface area contributed by atoms with Crippen molar-refractivity contribution >= 4 is 33.7 Å². The summed E-state index contributed by atoms with van der Waals surface area (Å²) in [5, 5.41) is -1.20. The number of carbonyl (C=O) groups excluding carboxylic acids is 2. The van der Waals surface area contributed by atoms with Crippen molar-refractivity contribution in [3.8, 4) is 23.0 Å². The summed E-state index contributed by atoms with van der Waals surface area (Å²) in [5.74, 6) is 2.78. The van der Waals surface area contributed by atoms with E-state index in [9.17, 15) is 9.59 Å². The minimum atomic E-state index is -0.600. The maximum Gasteiger partial charge on any atom is 0.259 e. The smallest absolute Gasteiger partial charge is 0.259 e.